The minimum absolute atomic E-state index is 0.227. The summed E-state index contributed by atoms with van der Waals surface area (Å²) < 4.78 is 26.7. The van der Waals surface area contributed by atoms with E-state index < -0.39 is 12.7 Å². The molecule has 10 heteroatoms. The molecule has 0 radical (unpaired) electrons. The zero-order valence-electron chi connectivity index (χ0n) is 19.4. The van der Waals surface area contributed by atoms with Crippen LogP contribution in [0, 0.1) is 17.8 Å². The van der Waals surface area contributed by atoms with Crippen LogP contribution < -0.4 is 11.1 Å². The maximum atomic E-state index is 13.1. The van der Waals surface area contributed by atoms with E-state index in [0.29, 0.717) is 45.6 Å². The number of aromatic nitrogens is 2. The number of aliphatic imine (C=N–C) groups is 1. The van der Waals surface area contributed by atoms with E-state index in [4.69, 9.17) is 5.73 Å². The van der Waals surface area contributed by atoms with E-state index in [2.05, 4.69) is 32.4 Å². The number of rotatable bonds is 5. The van der Waals surface area contributed by atoms with Crippen LogP contribution in [0.3, 0.4) is 0 Å². The quantitative estimate of drug-likeness (QED) is 0.632. The molecule has 3 aliphatic rings. The van der Waals surface area contributed by atoms with Crippen molar-refractivity contribution in [2.75, 3.05) is 7.05 Å². The van der Waals surface area contributed by atoms with Gasteiger partial charge in [-0.15, -0.1) is 0 Å². The first kappa shape index (κ1) is 23.4. The number of benzene rings is 1. The van der Waals surface area contributed by atoms with Crippen LogP contribution in [-0.2, 0) is 0 Å². The van der Waals surface area contributed by atoms with Crippen molar-refractivity contribution in [3.63, 3.8) is 0 Å². The van der Waals surface area contributed by atoms with E-state index in [1.807, 2.05) is 30.4 Å². The maximum Gasteiger partial charge on any atom is 0.333 e. The average Bonchev–Trinajstić information content (AvgIpc) is 3.47. The van der Waals surface area contributed by atoms with Crippen molar-refractivity contribution in [3.05, 3.63) is 83.0 Å². The normalized spacial score (nSPS) is 20.9. The molecule has 1 amide bonds. The van der Waals surface area contributed by atoms with Gasteiger partial charge in [-0.05, 0) is 29.8 Å². The minimum atomic E-state index is -2.74. The van der Waals surface area contributed by atoms with Crippen LogP contribution in [0.15, 0.2) is 76.4 Å². The second kappa shape index (κ2) is 9.71. The van der Waals surface area contributed by atoms with Gasteiger partial charge in [0.2, 0.25) is 0 Å². The van der Waals surface area contributed by atoms with Crippen molar-refractivity contribution >= 4 is 23.4 Å². The molecule has 5 rings (SSSR count). The third-order valence-corrected chi connectivity index (χ3v) is 6.07. The molecule has 0 saturated carbocycles. The minimum Gasteiger partial charge on any atom is -0.322 e. The Balaban J connectivity index is 1.39. The lowest BCUT2D eigenvalue weighted by molar-refractivity contribution is 0.0566. The Bertz CT molecular complexity index is 1400. The summed E-state index contributed by atoms with van der Waals surface area (Å²) in [6, 6.07) is 7.09. The number of carbonyl (C=O) groups excluding carboxylic acids is 1. The predicted octanol–water partition coefficient (Wildman–Crippen LogP) is 3.29. The van der Waals surface area contributed by atoms with E-state index in [1.54, 1.807) is 30.4 Å². The lowest BCUT2D eigenvalue weighted by Crippen LogP contribution is -2.37. The molecular formula is C26H23F2N7O. The van der Waals surface area contributed by atoms with Crippen molar-refractivity contribution in [1.29, 1.82) is 0 Å². The Morgan fingerprint density at radius 1 is 1.19 bits per heavy atom. The van der Waals surface area contributed by atoms with Gasteiger partial charge >= 0.3 is 6.55 Å². The zero-order chi connectivity index (χ0) is 25.2. The Morgan fingerprint density at radius 3 is 2.72 bits per heavy atom. The molecule has 2 unspecified atom stereocenters. The van der Waals surface area contributed by atoms with Crippen molar-refractivity contribution in [3.8, 4) is 11.8 Å². The van der Waals surface area contributed by atoms with E-state index in [9.17, 15) is 13.6 Å². The predicted molar refractivity (Wildman–Crippen MR) is 133 cm³/mol. The van der Waals surface area contributed by atoms with Gasteiger partial charge in [0.05, 0.1) is 23.5 Å². The first-order valence-electron chi connectivity index (χ1n) is 11.3. The topological polar surface area (TPSA) is 101 Å². The summed E-state index contributed by atoms with van der Waals surface area (Å²) in [5.41, 5.74) is 10.9. The molecule has 3 N–H and O–H groups in total. The molecule has 1 aromatic carbocycles. The number of halogens is 2. The number of nitrogens with one attached hydrogen (secondary N) is 1. The van der Waals surface area contributed by atoms with E-state index >= 15 is 0 Å². The van der Waals surface area contributed by atoms with Crippen LogP contribution in [0.2, 0.25) is 0 Å². The van der Waals surface area contributed by atoms with Gasteiger partial charge in [-0.3, -0.25) is 14.8 Å². The molecular weight excluding hydrogens is 464 g/mol. The Hall–Kier alpha value is -4.36. The number of dihydropyridines is 1. The Kier molecular flexibility index (Phi) is 6.31. The van der Waals surface area contributed by atoms with Gasteiger partial charge in [0, 0.05) is 54.7 Å². The van der Waals surface area contributed by atoms with Gasteiger partial charge in [0.25, 0.3) is 5.91 Å². The first-order valence-corrected chi connectivity index (χ1v) is 11.3. The number of hydrazone groups is 1. The number of amides is 1. The standard InChI is InChI=1S/C26H23F2N7O/c1-34-23-20(18-13-31-35(15-18)26(27)28)14-30-24(29)21(23)22(33-34)16-9-11-17(12-10-16)25(36)32-19-7-5-3-2-4-6-8-19/h5,7-15,21,24,26H,3,6,29H2,1H3,(H,32,36). The molecule has 3 heterocycles. The highest BCUT2D eigenvalue weighted by atomic mass is 19.3. The number of fused-ring (bicyclic) bond motifs is 1. The highest BCUT2D eigenvalue weighted by Gasteiger charge is 2.40. The van der Waals surface area contributed by atoms with Gasteiger partial charge in [0.15, 0.2) is 0 Å². The molecule has 0 saturated heterocycles. The summed E-state index contributed by atoms with van der Waals surface area (Å²) in [6.07, 6.45) is 10.5. The smallest absolute Gasteiger partial charge is 0.322 e. The number of hydrogen-bond donors (Lipinski definition) is 2. The molecule has 36 heavy (non-hydrogen) atoms. The molecule has 2 atom stereocenters. The van der Waals surface area contributed by atoms with Gasteiger partial charge in [-0.2, -0.15) is 19.0 Å². The van der Waals surface area contributed by atoms with Gasteiger partial charge in [-0.1, -0.05) is 30.0 Å². The third-order valence-electron chi connectivity index (χ3n) is 6.07. The molecule has 0 bridgehead atoms. The van der Waals surface area contributed by atoms with Crippen LogP contribution in [0.5, 0.6) is 0 Å². The highest BCUT2D eigenvalue weighted by molar-refractivity contribution is 6.16. The molecule has 1 aliphatic carbocycles. The summed E-state index contributed by atoms with van der Waals surface area (Å²) in [7, 11) is 1.78. The number of nitrogens with zero attached hydrogens (tertiary/aromatic N) is 5. The van der Waals surface area contributed by atoms with Crippen LogP contribution in [0.4, 0.5) is 8.78 Å². The molecule has 0 spiro atoms. The molecule has 2 aliphatic heterocycles. The second-order valence-corrected chi connectivity index (χ2v) is 8.40. The highest BCUT2D eigenvalue weighted by Crippen LogP contribution is 2.38. The SMILES string of the molecule is CN1N=C(c2ccc(C(=O)NC3=CCC#CCC=C3)cc2)C2C1=C(c1cnn(C(F)F)c1)C=NC2N. The maximum absolute atomic E-state index is 13.1. The number of allylic oxidation sites excluding steroid dienone is 4. The largest absolute Gasteiger partial charge is 0.333 e. The molecule has 0 fully saturated rings. The van der Waals surface area contributed by atoms with Crippen LogP contribution >= 0.6 is 0 Å². The second-order valence-electron chi connectivity index (χ2n) is 8.40. The molecule has 2 aromatic rings. The molecule has 8 nitrogen and oxygen atoms in total. The zero-order valence-corrected chi connectivity index (χ0v) is 19.4. The van der Waals surface area contributed by atoms with Crippen molar-refractivity contribution in [2.45, 2.75) is 25.6 Å². The number of alkyl halides is 2. The van der Waals surface area contributed by atoms with Crippen LogP contribution in [-0.4, -0.2) is 45.8 Å². The van der Waals surface area contributed by atoms with Crippen molar-refractivity contribution in [1.82, 2.24) is 20.1 Å². The van der Waals surface area contributed by atoms with E-state index in [0.717, 1.165) is 11.3 Å². The summed E-state index contributed by atoms with van der Waals surface area (Å²) in [5, 5.41) is 13.0. The van der Waals surface area contributed by atoms with Crippen LogP contribution in [0.25, 0.3) is 5.57 Å². The van der Waals surface area contributed by atoms with Gasteiger partial charge in [-0.25, -0.2) is 4.68 Å². The monoisotopic (exact) mass is 487 g/mol. The summed E-state index contributed by atoms with van der Waals surface area (Å²) in [4.78, 5) is 17.2. The average molecular weight is 488 g/mol. The number of nitrogens with two attached hydrogens (primary N) is 1. The third kappa shape index (κ3) is 4.48. The van der Waals surface area contributed by atoms with Crippen molar-refractivity contribution < 1.29 is 13.6 Å². The van der Waals surface area contributed by atoms with Gasteiger partial charge in [0.1, 0.15) is 6.17 Å². The number of carbonyl (C=O) groups is 1. The molecule has 1 aromatic heterocycles. The van der Waals surface area contributed by atoms with Crippen molar-refractivity contribution in [2.24, 2.45) is 21.7 Å². The fourth-order valence-electron chi connectivity index (χ4n) is 4.34. The summed E-state index contributed by atoms with van der Waals surface area (Å²) in [6.45, 7) is -2.74. The fraction of sp³-hybridized carbons (Fsp3) is 0.231. The summed E-state index contributed by atoms with van der Waals surface area (Å²) in [5.74, 6) is 5.41. The lowest BCUT2D eigenvalue weighted by Gasteiger charge is -2.26. The Labute approximate surface area is 206 Å². The van der Waals surface area contributed by atoms with Crippen LogP contribution in [0.1, 0.15) is 40.9 Å². The Morgan fingerprint density at radius 2 is 1.97 bits per heavy atom. The van der Waals surface area contributed by atoms with E-state index in [-0.39, 0.29) is 11.8 Å². The fourth-order valence-corrected chi connectivity index (χ4v) is 4.34. The first-order chi connectivity index (χ1) is 17.4. The van der Waals surface area contributed by atoms with Gasteiger partial charge < -0.3 is 11.1 Å². The molecule has 182 valence electrons. The number of hydrogen-bond acceptors (Lipinski definition) is 6. The van der Waals surface area contributed by atoms with E-state index in [1.165, 1.54) is 12.4 Å². The summed E-state index contributed by atoms with van der Waals surface area (Å²) >= 11 is 0. The lowest BCUT2D eigenvalue weighted by atomic mass is 9.87.